The molecule has 0 bridgehead atoms. The number of unbranched alkanes of at least 4 members (excludes halogenated alkanes) is 12. The predicted molar refractivity (Wildman–Crippen MR) is 166 cm³/mol. The van der Waals surface area contributed by atoms with E-state index < -0.39 is 0 Å². The molecule has 1 aromatic carbocycles. The zero-order chi connectivity index (χ0) is 28.4. The number of aryl methyl sites for hydroxylation is 1. The Morgan fingerprint density at radius 2 is 1.18 bits per heavy atom. The molecule has 0 spiro atoms. The number of amides is 1. The van der Waals surface area contributed by atoms with Crippen molar-refractivity contribution in [2.75, 3.05) is 6.54 Å². The zero-order valence-corrected chi connectivity index (χ0v) is 26.2. The molecule has 3 nitrogen and oxygen atoms in total. The van der Waals surface area contributed by atoms with Crippen LogP contribution in [0.25, 0.3) is 0 Å². The van der Waals surface area contributed by atoms with Crippen molar-refractivity contribution in [2.45, 2.75) is 162 Å². The van der Waals surface area contributed by atoms with Gasteiger partial charge in [-0.25, -0.2) is 0 Å². The Kier molecular flexibility index (Phi) is 16.7. The molecule has 0 fully saturated rings. The van der Waals surface area contributed by atoms with Gasteiger partial charge in [0.15, 0.2) is 0 Å². The standard InChI is InChI=1S/C35H61NO2/c1-8-9-10-11-12-13-14-15-16-17-18-19-20-21-22-23-26-36-32(37)25-24-29-27-30(34(2,3)4)33(38)31(28-29)35(5,6)7/h15-16,27-28,38H,8-14,17-26H2,1-7H3,(H,36,37)/b16-15-. The second-order valence-corrected chi connectivity index (χ2v) is 13.3. The summed E-state index contributed by atoms with van der Waals surface area (Å²) < 4.78 is 0. The summed E-state index contributed by atoms with van der Waals surface area (Å²) in [5.74, 6) is 0.526. The number of hydrogen-bond acceptors (Lipinski definition) is 2. The van der Waals surface area contributed by atoms with Crippen LogP contribution in [0.2, 0.25) is 0 Å². The third-order valence-electron chi connectivity index (χ3n) is 7.44. The van der Waals surface area contributed by atoms with Gasteiger partial charge in [-0.3, -0.25) is 4.79 Å². The minimum Gasteiger partial charge on any atom is -0.507 e. The molecule has 0 atom stereocenters. The van der Waals surface area contributed by atoms with E-state index in [1.807, 2.05) is 0 Å². The van der Waals surface area contributed by atoms with E-state index in [1.165, 1.54) is 83.5 Å². The first kappa shape index (κ1) is 34.3. The largest absolute Gasteiger partial charge is 0.507 e. The van der Waals surface area contributed by atoms with Crippen LogP contribution in [0.5, 0.6) is 5.75 Å². The van der Waals surface area contributed by atoms with Crippen molar-refractivity contribution in [3.05, 3.63) is 41.0 Å². The Morgan fingerprint density at radius 1 is 0.737 bits per heavy atom. The highest BCUT2D eigenvalue weighted by molar-refractivity contribution is 5.76. The van der Waals surface area contributed by atoms with E-state index in [1.54, 1.807) is 0 Å². The highest BCUT2D eigenvalue weighted by Crippen LogP contribution is 2.40. The van der Waals surface area contributed by atoms with Gasteiger partial charge in [0, 0.05) is 13.0 Å². The van der Waals surface area contributed by atoms with Crippen molar-refractivity contribution >= 4 is 5.91 Å². The van der Waals surface area contributed by atoms with Crippen molar-refractivity contribution in [1.29, 1.82) is 0 Å². The topological polar surface area (TPSA) is 49.3 Å². The van der Waals surface area contributed by atoms with Crippen molar-refractivity contribution < 1.29 is 9.90 Å². The molecule has 1 amide bonds. The molecule has 38 heavy (non-hydrogen) atoms. The molecule has 0 saturated carbocycles. The lowest BCUT2D eigenvalue weighted by atomic mass is 9.78. The molecule has 3 heteroatoms. The molecule has 2 N–H and O–H groups in total. The second kappa shape index (κ2) is 18.5. The molecule has 0 aromatic heterocycles. The van der Waals surface area contributed by atoms with Gasteiger partial charge in [0.2, 0.25) is 5.91 Å². The molecule has 0 radical (unpaired) electrons. The second-order valence-electron chi connectivity index (χ2n) is 13.3. The quantitative estimate of drug-likeness (QED) is 0.139. The Bertz CT molecular complexity index is 775. The minimum absolute atomic E-state index is 0.125. The summed E-state index contributed by atoms with van der Waals surface area (Å²) in [6.45, 7) is 15.8. The van der Waals surface area contributed by atoms with Gasteiger partial charge >= 0.3 is 0 Å². The van der Waals surface area contributed by atoms with Gasteiger partial charge in [-0.05, 0) is 66.0 Å². The summed E-state index contributed by atoms with van der Waals surface area (Å²) in [7, 11) is 0. The molecule has 0 aliphatic heterocycles. The van der Waals surface area contributed by atoms with Gasteiger partial charge in [-0.2, -0.15) is 0 Å². The normalized spacial score (nSPS) is 12.4. The number of hydrogen-bond donors (Lipinski definition) is 2. The van der Waals surface area contributed by atoms with Crippen LogP contribution in [-0.4, -0.2) is 17.6 Å². The molecule has 0 heterocycles. The number of phenols is 1. The van der Waals surface area contributed by atoms with E-state index in [2.05, 4.69) is 78.1 Å². The maximum atomic E-state index is 12.4. The third kappa shape index (κ3) is 15.0. The summed E-state index contributed by atoms with van der Waals surface area (Å²) in [6, 6.07) is 4.17. The van der Waals surface area contributed by atoms with Gasteiger partial charge in [0.05, 0.1) is 0 Å². The van der Waals surface area contributed by atoms with Crippen LogP contribution in [0.15, 0.2) is 24.3 Å². The summed E-state index contributed by atoms with van der Waals surface area (Å²) in [4.78, 5) is 12.4. The SMILES string of the molecule is CCCCCCCC/C=C\CCCCCCCCNC(=O)CCc1cc(C(C)(C)C)c(O)c(C(C)(C)C)c1. The van der Waals surface area contributed by atoms with Crippen LogP contribution in [0, 0.1) is 0 Å². The highest BCUT2D eigenvalue weighted by atomic mass is 16.3. The Labute approximate surface area is 236 Å². The number of aromatic hydroxyl groups is 1. The van der Waals surface area contributed by atoms with Crippen LogP contribution in [-0.2, 0) is 22.0 Å². The van der Waals surface area contributed by atoms with E-state index in [4.69, 9.17) is 0 Å². The average molecular weight is 528 g/mol. The summed E-state index contributed by atoms with van der Waals surface area (Å²) >= 11 is 0. The fraction of sp³-hybridized carbons (Fsp3) is 0.743. The average Bonchev–Trinajstić information content (AvgIpc) is 2.83. The third-order valence-corrected chi connectivity index (χ3v) is 7.44. The first-order valence-electron chi connectivity index (χ1n) is 15.8. The molecule has 0 aliphatic rings. The molecular formula is C35H61NO2. The lowest BCUT2D eigenvalue weighted by Crippen LogP contribution is -2.24. The van der Waals surface area contributed by atoms with Crippen molar-refractivity contribution in [2.24, 2.45) is 0 Å². The fourth-order valence-electron chi connectivity index (χ4n) is 4.93. The van der Waals surface area contributed by atoms with Crippen LogP contribution in [0.3, 0.4) is 0 Å². The lowest BCUT2D eigenvalue weighted by molar-refractivity contribution is -0.121. The summed E-state index contributed by atoms with van der Waals surface area (Å²) in [6.07, 6.45) is 24.1. The molecule has 1 rings (SSSR count). The van der Waals surface area contributed by atoms with Crippen molar-refractivity contribution in [3.8, 4) is 5.75 Å². The Hall–Kier alpha value is -1.77. The van der Waals surface area contributed by atoms with Crippen LogP contribution in [0.1, 0.15) is 161 Å². The molecule has 218 valence electrons. The van der Waals surface area contributed by atoms with Gasteiger partial charge in [-0.1, -0.05) is 131 Å². The number of benzene rings is 1. The first-order chi connectivity index (χ1) is 18.0. The number of phenolic OH excluding ortho intramolecular Hbond substituents is 1. The number of rotatable bonds is 19. The zero-order valence-electron chi connectivity index (χ0n) is 26.2. The Balaban J connectivity index is 2.17. The van der Waals surface area contributed by atoms with Gasteiger partial charge in [-0.15, -0.1) is 0 Å². The highest BCUT2D eigenvalue weighted by Gasteiger charge is 2.26. The summed E-state index contributed by atoms with van der Waals surface area (Å²) in [5.41, 5.74) is 2.76. The fourth-order valence-corrected chi connectivity index (χ4v) is 4.93. The Morgan fingerprint density at radius 3 is 1.66 bits per heavy atom. The minimum atomic E-state index is -0.147. The smallest absolute Gasteiger partial charge is 0.220 e. The maximum Gasteiger partial charge on any atom is 0.220 e. The van der Waals surface area contributed by atoms with Crippen LogP contribution < -0.4 is 5.32 Å². The van der Waals surface area contributed by atoms with E-state index in [-0.39, 0.29) is 16.7 Å². The molecule has 0 saturated heterocycles. The molecule has 1 aromatic rings. The molecule has 0 aliphatic carbocycles. The van der Waals surface area contributed by atoms with Gasteiger partial charge in [0.1, 0.15) is 5.75 Å². The number of nitrogens with one attached hydrogen (secondary N) is 1. The monoisotopic (exact) mass is 527 g/mol. The first-order valence-corrected chi connectivity index (χ1v) is 15.8. The van der Waals surface area contributed by atoms with Gasteiger partial charge < -0.3 is 10.4 Å². The maximum absolute atomic E-state index is 12.4. The number of carbonyl (C=O) groups is 1. The molecule has 0 unspecified atom stereocenters. The van der Waals surface area contributed by atoms with E-state index in [9.17, 15) is 9.90 Å². The van der Waals surface area contributed by atoms with E-state index in [0.29, 0.717) is 18.6 Å². The molecular weight excluding hydrogens is 466 g/mol. The van der Waals surface area contributed by atoms with E-state index in [0.717, 1.165) is 29.7 Å². The van der Waals surface area contributed by atoms with Crippen molar-refractivity contribution in [1.82, 2.24) is 5.32 Å². The summed E-state index contributed by atoms with van der Waals surface area (Å²) in [5, 5.41) is 14.0. The predicted octanol–water partition coefficient (Wildman–Crippen LogP) is 10.1. The number of carbonyl (C=O) groups excluding carboxylic acids is 1. The van der Waals surface area contributed by atoms with Crippen LogP contribution in [0.4, 0.5) is 0 Å². The van der Waals surface area contributed by atoms with Gasteiger partial charge in [0.25, 0.3) is 0 Å². The van der Waals surface area contributed by atoms with Crippen molar-refractivity contribution in [3.63, 3.8) is 0 Å². The lowest BCUT2D eigenvalue weighted by Gasteiger charge is -2.28. The number of allylic oxidation sites excluding steroid dienone is 2. The van der Waals surface area contributed by atoms with E-state index >= 15 is 0 Å². The van der Waals surface area contributed by atoms with Crippen LogP contribution >= 0.6 is 0 Å².